The van der Waals surface area contributed by atoms with Gasteiger partial charge in [0.2, 0.25) is 5.88 Å². The highest BCUT2D eigenvalue weighted by Gasteiger charge is 2.22. The SMILES string of the molecule is Cn1cnc(Oc2cc(C(=O)O)c([N+](=O)[O-])cn2)n1. The van der Waals surface area contributed by atoms with Gasteiger partial charge in [0, 0.05) is 13.1 Å². The van der Waals surface area contributed by atoms with E-state index in [1.54, 1.807) is 7.05 Å². The summed E-state index contributed by atoms with van der Waals surface area (Å²) in [6, 6.07) is 0.900. The molecule has 2 rings (SSSR count). The third kappa shape index (κ3) is 2.62. The number of hydrogen-bond donors (Lipinski definition) is 1. The number of nitro groups is 1. The predicted octanol–water partition coefficient (Wildman–Crippen LogP) is 0.609. The van der Waals surface area contributed by atoms with E-state index in [1.807, 2.05) is 0 Å². The number of aromatic carboxylic acids is 1. The molecule has 0 saturated heterocycles. The number of pyridine rings is 1. The molecular weight excluding hydrogens is 258 g/mol. The quantitative estimate of drug-likeness (QED) is 0.627. The number of carboxylic acid groups (broad SMARTS) is 1. The van der Waals surface area contributed by atoms with Crippen molar-refractivity contribution < 1.29 is 19.6 Å². The summed E-state index contributed by atoms with van der Waals surface area (Å²) >= 11 is 0. The van der Waals surface area contributed by atoms with Crippen molar-refractivity contribution >= 4 is 11.7 Å². The summed E-state index contributed by atoms with van der Waals surface area (Å²) in [5.74, 6) is -1.60. The third-order valence-corrected chi connectivity index (χ3v) is 2.06. The van der Waals surface area contributed by atoms with Gasteiger partial charge in [0.15, 0.2) is 0 Å². The standard InChI is InChI=1S/C9H7N5O5/c1-13-4-11-9(12-13)19-7-2-5(8(15)16)6(3-10-7)14(17)18/h2-4H,1H3,(H,15,16). The second-order valence-corrected chi connectivity index (χ2v) is 3.40. The number of ether oxygens (including phenoxy) is 1. The second-order valence-electron chi connectivity index (χ2n) is 3.40. The molecule has 0 amide bonds. The fourth-order valence-corrected chi connectivity index (χ4v) is 1.26. The monoisotopic (exact) mass is 265 g/mol. The van der Waals surface area contributed by atoms with Crippen LogP contribution in [-0.2, 0) is 7.05 Å². The van der Waals surface area contributed by atoms with Crippen LogP contribution < -0.4 is 4.74 Å². The summed E-state index contributed by atoms with van der Waals surface area (Å²) in [5.41, 5.74) is -1.14. The van der Waals surface area contributed by atoms with Crippen LogP contribution in [0.15, 0.2) is 18.6 Å². The molecule has 0 atom stereocenters. The average Bonchev–Trinajstić information content (AvgIpc) is 2.74. The molecule has 0 aliphatic carbocycles. The van der Waals surface area contributed by atoms with Crippen molar-refractivity contribution in [3.63, 3.8) is 0 Å². The van der Waals surface area contributed by atoms with Crippen LogP contribution in [0.2, 0.25) is 0 Å². The van der Waals surface area contributed by atoms with Crippen LogP contribution in [-0.4, -0.2) is 35.7 Å². The Morgan fingerprint density at radius 2 is 2.26 bits per heavy atom. The predicted molar refractivity (Wildman–Crippen MR) is 58.9 cm³/mol. The molecule has 10 nitrogen and oxygen atoms in total. The van der Waals surface area contributed by atoms with Crippen LogP contribution in [0.3, 0.4) is 0 Å². The first-order valence-electron chi connectivity index (χ1n) is 4.88. The van der Waals surface area contributed by atoms with Crippen LogP contribution in [0.5, 0.6) is 11.9 Å². The van der Waals surface area contributed by atoms with Gasteiger partial charge in [-0.2, -0.15) is 4.98 Å². The number of carbonyl (C=O) groups is 1. The topological polar surface area (TPSA) is 133 Å². The molecule has 0 unspecified atom stereocenters. The first-order chi connectivity index (χ1) is 8.97. The number of carboxylic acids is 1. The fraction of sp³-hybridized carbons (Fsp3) is 0.111. The van der Waals surface area contributed by atoms with E-state index in [9.17, 15) is 14.9 Å². The van der Waals surface area contributed by atoms with Crippen molar-refractivity contribution in [3.05, 3.63) is 34.3 Å². The lowest BCUT2D eigenvalue weighted by Crippen LogP contribution is -2.04. The molecule has 98 valence electrons. The lowest BCUT2D eigenvalue weighted by Gasteiger charge is -2.01. The van der Waals surface area contributed by atoms with Crippen molar-refractivity contribution in [1.29, 1.82) is 0 Å². The Labute approximate surface area is 105 Å². The van der Waals surface area contributed by atoms with Gasteiger partial charge in [-0.1, -0.05) is 0 Å². The highest BCUT2D eigenvalue weighted by molar-refractivity contribution is 5.92. The van der Waals surface area contributed by atoms with E-state index in [4.69, 9.17) is 9.84 Å². The molecule has 0 aliphatic rings. The van der Waals surface area contributed by atoms with Gasteiger partial charge in [-0.05, 0) is 0 Å². The normalized spacial score (nSPS) is 10.2. The van der Waals surface area contributed by atoms with Gasteiger partial charge in [0.05, 0.1) is 4.92 Å². The minimum atomic E-state index is -1.45. The Bertz CT molecular complexity index is 652. The zero-order valence-corrected chi connectivity index (χ0v) is 9.55. The van der Waals surface area contributed by atoms with Crippen molar-refractivity contribution in [2.24, 2.45) is 7.05 Å². The van der Waals surface area contributed by atoms with Crippen molar-refractivity contribution in [2.45, 2.75) is 0 Å². The largest absolute Gasteiger partial charge is 0.477 e. The highest BCUT2D eigenvalue weighted by Crippen LogP contribution is 2.23. The zero-order chi connectivity index (χ0) is 14.0. The van der Waals surface area contributed by atoms with Gasteiger partial charge in [-0.3, -0.25) is 14.8 Å². The number of aromatic nitrogens is 4. The minimum Gasteiger partial charge on any atom is -0.477 e. The van der Waals surface area contributed by atoms with E-state index >= 15 is 0 Å². The molecule has 0 aromatic carbocycles. The molecule has 0 aliphatic heterocycles. The van der Waals surface area contributed by atoms with Gasteiger partial charge >= 0.3 is 17.7 Å². The van der Waals surface area contributed by atoms with Gasteiger partial charge in [0.25, 0.3) is 0 Å². The molecule has 0 bridgehead atoms. The van der Waals surface area contributed by atoms with Gasteiger partial charge in [-0.15, -0.1) is 5.10 Å². The highest BCUT2D eigenvalue weighted by atomic mass is 16.6. The lowest BCUT2D eigenvalue weighted by atomic mass is 10.2. The summed E-state index contributed by atoms with van der Waals surface area (Å²) < 4.78 is 6.46. The maximum absolute atomic E-state index is 10.9. The van der Waals surface area contributed by atoms with Crippen LogP contribution in [0, 0.1) is 10.1 Å². The van der Waals surface area contributed by atoms with Gasteiger partial charge in [0.1, 0.15) is 18.1 Å². The van der Waals surface area contributed by atoms with Crippen molar-refractivity contribution in [3.8, 4) is 11.9 Å². The Balaban J connectivity index is 2.35. The van der Waals surface area contributed by atoms with E-state index < -0.39 is 22.1 Å². The van der Waals surface area contributed by atoms with Crippen LogP contribution in [0.4, 0.5) is 5.69 Å². The molecule has 19 heavy (non-hydrogen) atoms. The van der Waals surface area contributed by atoms with E-state index in [2.05, 4.69) is 15.1 Å². The first kappa shape index (κ1) is 12.4. The molecular formula is C9H7N5O5. The maximum atomic E-state index is 10.9. The Morgan fingerprint density at radius 3 is 2.79 bits per heavy atom. The molecule has 1 N–H and O–H groups in total. The number of nitrogens with zero attached hydrogens (tertiary/aromatic N) is 5. The van der Waals surface area contributed by atoms with E-state index in [-0.39, 0.29) is 11.9 Å². The van der Waals surface area contributed by atoms with E-state index in [1.165, 1.54) is 11.0 Å². The second kappa shape index (κ2) is 4.68. The van der Waals surface area contributed by atoms with Gasteiger partial charge < -0.3 is 9.84 Å². The van der Waals surface area contributed by atoms with Crippen molar-refractivity contribution in [1.82, 2.24) is 19.7 Å². The molecule has 0 saturated carbocycles. The molecule has 0 fully saturated rings. The summed E-state index contributed by atoms with van der Waals surface area (Å²) in [4.78, 5) is 28.1. The minimum absolute atomic E-state index is 0.0415. The molecule has 2 aromatic rings. The van der Waals surface area contributed by atoms with Crippen molar-refractivity contribution in [2.75, 3.05) is 0 Å². The first-order valence-corrected chi connectivity index (χ1v) is 4.88. The van der Waals surface area contributed by atoms with Crippen LogP contribution in [0.25, 0.3) is 0 Å². The number of rotatable bonds is 4. The average molecular weight is 265 g/mol. The summed E-state index contributed by atoms with van der Waals surface area (Å²) in [7, 11) is 1.62. The maximum Gasteiger partial charge on any atom is 0.342 e. The number of hydrogen-bond acceptors (Lipinski definition) is 7. The zero-order valence-electron chi connectivity index (χ0n) is 9.55. The Kier molecular flexibility index (Phi) is 3.06. The molecule has 0 spiro atoms. The molecule has 2 aromatic heterocycles. The van der Waals surface area contributed by atoms with Crippen LogP contribution in [0.1, 0.15) is 10.4 Å². The fourth-order valence-electron chi connectivity index (χ4n) is 1.26. The molecule has 0 radical (unpaired) electrons. The smallest absolute Gasteiger partial charge is 0.342 e. The van der Waals surface area contributed by atoms with Gasteiger partial charge in [-0.25, -0.2) is 9.78 Å². The van der Waals surface area contributed by atoms with E-state index in [0.29, 0.717) is 0 Å². The Morgan fingerprint density at radius 1 is 1.53 bits per heavy atom. The van der Waals surface area contributed by atoms with E-state index in [0.717, 1.165) is 12.3 Å². The summed E-state index contributed by atoms with van der Waals surface area (Å²) in [6.45, 7) is 0. The number of aryl methyl sites for hydroxylation is 1. The third-order valence-electron chi connectivity index (χ3n) is 2.06. The lowest BCUT2D eigenvalue weighted by molar-refractivity contribution is -0.385. The Hall–Kier alpha value is -3.04. The molecule has 10 heteroatoms. The summed E-state index contributed by atoms with van der Waals surface area (Å²) in [6.07, 6.45) is 2.18. The molecule has 2 heterocycles. The summed E-state index contributed by atoms with van der Waals surface area (Å²) in [5, 5.41) is 23.3. The van der Waals surface area contributed by atoms with Crippen LogP contribution >= 0.6 is 0 Å².